The molecule has 0 aliphatic rings. The van der Waals surface area contributed by atoms with Crippen molar-refractivity contribution in [2.75, 3.05) is 17.2 Å². The summed E-state index contributed by atoms with van der Waals surface area (Å²) in [6.07, 6.45) is 4.57. The monoisotopic (exact) mass is 407 g/mol. The number of anilines is 4. The molecular weight excluding hydrogens is 382 g/mol. The number of hydrogen-bond acceptors (Lipinski definition) is 7. The summed E-state index contributed by atoms with van der Waals surface area (Å²) in [6, 6.07) is 15.0. The zero-order valence-electron chi connectivity index (χ0n) is 17.1. The fourth-order valence-corrected chi connectivity index (χ4v) is 2.94. The lowest BCUT2D eigenvalue weighted by Gasteiger charge is -2.11. The Kier molecular flexibility index (Phi) is 7.15. The van der Waals surface area contributed by atoms with Crippen LogP contribution in [-0.4, -0.2) is 21.5 Å². The number of nitro groups is 1. The number of benzene rings is 2. The molecule has 8 nitrogen and oxygen atoms in total. The van der Waals surface area contributed by atoms with E-state index >= 15 is 0 Å². The number of aromatic nitrogens is 2. The van der Waals surface area contributed by atoms with Crippen molar-refractivity contribution < 1.29 is 9.66 Å². The molecule has 0 spiro atoms. The highest BCUT2D eigenvalue weighted by molar-refractivity contribution is 5.76. The Morgan fingerprint density at radius 3 is 2.00 bits per heavy atom. The second kappa shape index (κ2) is 10.2. The summed E-state index contributed by atoms with van der Waals surface area (Å²) in [6.45, 7) is 4.63. The third kappa shape index (κ3) is 5.44. The molecule has 0 radical (unpaired) electrons. The number of aryl methyl sites for hydroxylation is 1. The van der Waals surface area contributed by atoms with Crippen LogP contribution in [0.25, 0.3) is 0 Å². The Hall–Kier alpha value is -3.68. The summed E-state index contributed by atoms with van der Waals surface area (Å²) in [5.41, 5.74) is 2.40. The molecule has 1 heterocycles. The maximum atomic E-state index is 11.8. The van der Waals surface area contributed by atoms with Crippen molar-refractivity contribution in [2.45, 2.75) is 33.1 Å². The van der Waals surface area contributed by atoms with Gasteiger partial charge in [0.15, 0.2) is 0 Å². The van der Waals surface area contributed by atoms with Gasteiger partial charge in [0, 0.05) is 11.4 Å². The number of ether oxygens (including phenoxy) is 1. The molecule has 8 heteroatoms. The van der Waals surface area contributed by atoms with E-state index in [1.165, 1.54) is 11.9 Å². The lowest BCUT2D eigenvalue weighted by Crippen LogP contribution is -2.05. The fourth-order valence-electron chi connectivity index (χ4n) is 2.94. The number of nitrogens with one attached hydrogen (secondary N) is 2. The summed E-state index contributed by atoms with van der Waals surface area (Å²) in [7, 11) is 0. The fraction of sp³-hybridized carbons (Fsp3) is 0.273. The minimum Gasteiger partial charge on any atom is -0.494 e. The van der Waals surface area contributed by atoms with Gasteiger partial charge in [-0.25, -0.2) is 9.97 Å². The molecule has 3 aromatic rings. The van der Waals surface area contributed by atoms with Gasteiger partial charge >= 0.3 is 5.69 Å². The molecule has 3 rings (SSSR count). The van der Waals surface area contributed by atoms with E-state index in [0.29, 0.717) is 12.3 Å². The maximum absolute atomic E-state index is 11.8. The van der Waals surface area contributed by atoms with Gasteiger partial charge in [-0.1, -0.05) is 25.5 Å². The van der Waals surface area contributed by atoms with Crippen LogP contribution in [-0.2, 0) is 6.42 Å². The van der Waals surface area contributed by atoms with Gasteiger partial charge in [-0.05, 0) is 61.7 Å². The molecule has 0 aliphatic heterocycles. The van der Waals surface area contributed by atoms with E-state index in [-0.39, 0.29) is 17.3 Å². The summed E-state index contributed by atoms with van der Waals surface area (Å²) in [5.74, 6) is 0.968. The standard InChI is InChI=1S/C22H25N5O3/c1-3-5-6-16-7-9-17(10-8-16)25-21-20(27(28)29)22(24-15-23-21)26-18-11-13-19(14-12-18)30-4-2/h7-15H,3-6H2,1-2H3,(H2,23,24,25,26). The second-order valence-electron chi connectivity index (χ2n) is 6.68. The maximum Gasteiger partial charge on any atom is 0.353 e. The molecule has 0 amide bonds. The van der Waals surface area contributed by atoms with Crippen LogP contribution < -0.4 is 15.4 Å². The van der Waals surface area contributed by atoms with Crippen LogP contribution >= 0.6 is 0 Å². The van der Waals surface area contributed by atoms with Gasteiger partial charge in [0.1, 0.15) is 12.1 Å². The van der Waals surface area contributed by atoms with Crippen LogP contribution in [0.1, 0.15) is 32.3 Å². The van der Waals surface area contributed by atoms with Crippen molar-refractivity contribution in [1.82, 2.24) is 9.97 Å². The Bertz CT molecular complexity index is 975. The second-order valence-corrected chi connectivity index (χ2v) is 6.68. The van der Waals surface area contributed by atoms with Crippen LogP contribution in [0.3, 0.4) is 0 Å². The molecule has 0 bridgehead atoms. The first-order valence-electron chi connectivity index (χ1n) is 9.96. The van der Waals surface area contributed by atoms with Gasteiger partial charge in [-0.2, -0.15) is 0 Å². The quantitative estimate of drug-likeness (QED) is 0.332. The highest BCUT2D eigenvalue weighted by Gasteiger charge is 2.23. The lowest BCUT2D eigenvalue weighted by atomic mass is 10.1. The first-order valence-corrected chi connectivity index (χ1v) is 9.96. The van der Waals surface area contributed by atoms with Crippen molar-refractivity contribution in [3.8, 4) is 5.75 Å². The summed E-state index contributed by atoms with van der Waals surface area (Å²) < 4.78 is 5.42. The van der Waals surface area contributed by atoms with Crippen LogP contribution in [0.4, 0.5) is 28.7 Å². The van der Waals surface area contributed by atoms with E-state index in [4.69, 9.17) is 4.74 Å². The van der Waals surface area contributed by atoms with E-state index in [0.717, 1.165) is 30.7 Å². The van der Waals surface area contributed by atoms with Gasteiger partial charge in [0.25, 0.3) is 0 Å². The van der Waals surface area contributed by atoms with E-state index in [1.807, 2.05) is 31.2 Å². The predicted molar refractivity (Wildman–Crippen MR) is 118 cm³/mol. The Balaban J connectivity index is 1.81. The van der Waals surface area contributed by atoms with Crippen LogP contribution in [0, 0.1) is 10.1 Å². The Morgan fingerprint density at radius 2 is 1.50 bits per heavy atom. The number of hydrogen-bond donors (Lipinski definition) is 2. The van der Waals surface area contributed by atoms with Gasteiger partial charge < -0.3 is 15.4 Å². The molecule has 0 aliphatic carbocycles. The summed E-state index contributed by atoms with van der Waals surface area (Å²) in [4.78, 5) is 19.4. The molecule has 2 aromatic carbocycles. The first-order chi connectivity index (χ1) is 14.6. The normalized spacial score (nSPS) is 10.5. The predicted octanol–water partition coefficient (Wildman–Crippen LogP) is 5.61. The zero-order chi connectivity index (χ0) is 21.3. The topological polar surface area (TPSA) is 102 Å². The highest BCUT2D eigenvalue weighted by atomic mass is 16.6. The highest BCUT2D eigenvalue weighted by Crippen LogP contribution is 2.33. The van der Waals surface area contributed by atoms with Gasteiger partial charge in [-0.15, -0.1) is 0 Å². The minimum atomic E-state index is -0.491. The molecule has 0 fully saturated rings. The molecule has 0 atom stereocenters. The molecule has 0 saturated carbocycles. The molecule has 156 valence electrons. The largest absolute Gasteiger partial charge is 0.494 e. The van der Waals surface area contributed by atoms with Gasteiger partial charge in [0.05, 0.1) is 11.5 Å². The van der Waals surface area contributed by atoms with E-state index in [2.05, 4.69) is 27.5 Å². The smallest absolute Gasteiger partial charge is 0.353 e. The summed E-state index contributed by atoms with van der Waals surface area (Å²) in [5, 5.41) is 17.8. The minimum absolute atomic E-state index is 0.112. The summed E-state index contributed by atoms with van der Waals surface area (Å²) >= 11 is 0. The van der Waals surface area contributed by atoms with Crippen LogP contribution in [0.5, 0.6) is 5.75 Å². The van der Waals surface area contributed by atoms with E-state index < -0.39 is 4.92 Å². The average Bonchev–Trinajstić information content (AvgIpc) is 2.75. The third-order valence-corrected chi connectivity index (χ3v) is 4.47. The van der Waals surface area contributed by atoms with Crippen molar-refractivity contribution >= 4 is 28.7 Å². The van der Waals surface area contributed by atoms with E-state index in [1.54, 1.807) is 24.3 Å². The van der Waals surface area contributed by atoms with Gasteiger partial charge in [-0.3, -0.25) is 10.1 Å². The molecular formula is C22H25N5O3. The van der Waals surface area contributed by atoms with Crippen molar-refractivity contribution in [1.29, 1.82) is 0 Å². The molecule has 1 aromatic heterocycles. The van der Waals surface area contributed by atoms with Gasteiger partial charge in [0.2, 0.25) is 11.6 Å². The SMILES string of the molecule is CCCCc1ccc(Nc2ncnc(Nc3ccc(OCC)cc3)c2[N+](=O)[O-])cc1. The van der Waals surface area contributed by atoms with Crippen molar-refractivity contribution in [3.63, 3.8) is 0 Å². The lowest BCUT2D eigenvalue weighted by molar-refractivity contribution is -0.383. The Labute approximate surface area is 175 Å². The number of unbranched alkanes of at least 4 members (excludes halogenated alkanes) is 1. The zero-order valence-corrected chi connectivity index (χ0v) is 17.1. The van der Waals surface area contributed by atoms with Crippen LogP contribution in [0.2, 0.25) is 0 Å². The molecule has 0 saturated heterocycles. The molecule has 0 unspecified atom stereocenters. The van der Waals surface area contributed by atoms with Crippen molar-refractivity contribution in [2.24, 2.45) is 0 Å². The van der Waals surface area contributed by atoms with Crippen LogP contribution in [0.15, 0.2) is 54.9 Å². The molecule has 30 heavy (non-hydrogen) atoms. The van der Waals surface area contributed by atoms with E-state index in [9.17, 15) is 10.1 Å². The number of nitrogens with zero attached hydrogens (tertiary/aromatic N) is 3. The Morgan fingerprint density at radius 1 is 0.933 bits per heavy atom. The first kappa shape index (κ1) is 21.0. The molecule has 2 N–H and O–H groups in total. The average molecular weight is 407 g/mol. The van der Waals surface area contributed by atoms with Crippen molar-refractivity contribution in [3.05, 3.63) is 70.5 Å². The number of rotatable bonds is 10. The third-order valence-electron chi connectivity index (χ3n) is 4.47.